The molecule has 1 N–H and O–H groups in total. The Morgan fingerprint density at radius 3 is 2.96 bits per heavy atom. The number of aromatic nitrogens is 2. The standard InChI is InChI=1S/C18H25N3O2/c1-13(2)11-17-19-18(23-20-17)12-21(9-10-22)16-8-7-14-5-3-4-6-15(14)16/h3-6,13,16,22H,7-12H2,1-2H3. The molecule has 0 saturated heterocycles. The number of hydrogen-bond donors (Lipinski definition) is 1. The number of aryl methyl sites for hydroxylation is 1. The van der Waals surface area contributed by atoms with Crippen molar-refractivity contribution in [3.63, 3.8) is 0 Å². The fourth-order valence-electron chi connectivity index (χ4n) is 3.36. The molecule has 1 aromatic heterocycles. The maximum atomic E-state index is 9.44. The Morgan fingerprint density at radius 1 is 1.35 bits per heavy atom. The van der Waals surface area contributed by atoms with Crippen LogP contribution in [0.25, 0.3) is 0 Å². The maximum Gasteiger partial charge on any atom is 0.240 e. The molecule has 5 nitrogen and oxygen atoms in total. The first-order valence-electron chi connectivity index (χ1n) is 8.41. The van der Waals surface area contributed by atoms with Crippen LogP contribution >= 0.6 is 0 Å². The summed E-state index contributed by atoms with van der Waals surface area (Å²) in [5.74, 6) is 1.92. The molecule has 0 fully saturated rings. The van der Waals surface area contributed by atoms with Crippen LogP contribution in [0.5, 0.6) is 0 Å². The van der Waals surface area contributed by atoms with Crippen molar-refractivity contribution in [2.45, 2.75) is 45.7 Å². The Kier molecular flexibility index (Phi) is 5.08. The molecule has 0 bridgehead atoms. The van der Waals surface area contributed by atoms with Gasteiger partial charge in [0.05, 0.1) is 13.2 Å². The van der Waals surface area contributed by atoms with Gasteiger partial charge in [0, 0.05) is 19.0 Å². The third-order valence-electron chi connectivity index (χ3n) is 4.37. The Bertz CT molecular complexity index is 639. The highest BCUT2D eigenvalue weighted by molar-refractivity contribution is 5.34. The van der Waals surface area contributed by atoms with Crippen molar-refractivity contribution in [3.05, 3.63) is 47.1 Å². The highest BCUT2D eigenvalue weighted by atomic mass is 16.5. The van der Waals surface area contributed by atoms with E-state index in [1.165, 1.54) is 11.1 Å². The molecule has 124 valence electrons. The van der Waals surface area contributed by atoms with Crippen LogP contribution in [0.2, 0.25) is 0 Å². The molecule has 0 aliphatic heterocycles. The second-order valence-electron chi connectivity index (χ2n) is 6.65. The Labute approximate surface area is 137 Å². The maximum absolute atomic E-state index is 9.44. The molecule has 1 atom stereocenters. The van der Waals surface area contributed by atoms with E-state index in [1.807, 2.05) is 0 Å². The zero-order valence-electron chi connectivity index (χ0n) is 13.9. The summed E-state index contributed by atoms with van der Waals surface area (Å²) < 4.78 is 5.41. The van der Waals surface area contributed by atoms with Crippen LogP contribution in [0.3, 0.4) is 0 Å². The molecule has 1 aliphatic carbocycles. The topological polar surface area (TPSA) is 62.4 Å². The predicted molar refractivity (Wildman–Crippen MR) is 87.8 cm³/mol. The van der Waals surface area contributed by atoms with Gasteiger partial charge in [0.15, 0.2) is 5.82 Å². The van der Waals surface area contributed by atoms with Gasteiger partial charge in [-0.25, -0.2) is 0 Å². The lowest BCUT2D eigenvalue weighted by molar-refractivity contribution is 0.128. The molecule has 1 aromatic carbocycles. The summed E-state index contributed by atoms with van der Waals surface area (Å²) in [5.41, 5.74) is 2.77. The zero-order valence-corrected chi connectivity index (χ0v) is 13.9. The number of aliphatic hydroxyl groups excluding tert-OH is 1. The molecule has 0 saturated carbocycles. The Morgan fingerprint density at radius 2 is 2.17 bits per heavy atom. The molecule has 3 rings (SSSR count). The molecule has 1 aliphatic rings. The summed E-state index contributed by atoms with van der Waals surface area (Å²) >= 11 is 0. The van der Waals surface area contributed by atoms with E-state index in [-0.39, 0.29) is 6.61 Å². The molecule has 1 unspecified atom stereocenters. The SMILES string of the molecule is CC(C)Cc1noc(CN(CCO)C2CCc3ccccc32)n1. The van der Waals surface area contributed by atoms with E-state index in [4.69, 9.17) is 4.52 Å². The van der Waals surface area contributed by atoms with Crippen molar-refractivity contribution < 1.29 is 9.63 Å². The number of rotatable bonds is 7. The number of aliphatic hydroxyl groups is 1. The molecule has 0 amide bonds. The van der Waals surface area contributed by atoms with Crippen LogP contribution in [-0.2, 0) is 19.4 Å². The molecule has 2 aromatic rings. The largest absolute Gasteiger partial charge is 0.395 e. The number of fused-ring (bicyclic) bond motifs is 1. The highest BCUT2D eigenvalue weighted by Crippen LogP contribution is 2.36. The first-order valence-corrected chi connectivity index (χ1v) is 8.41. The summed E-state index contributed by atoms with van der Waals surface area (Å²) in [6, 6.07) is 8.88. The lowest BCUT2D eigenvalue weighted by atomic mass is 10.1. The van der Waals surface area contributed by atoms with Crippen molar-refractivity contribution in [1.29, 1.82) is 0 Å². The Balaban J connectivity index is 1.74. The van der Waals surface area contributed by atoms with Crippen LogP contribution in [0.1, 0.15) is 49.2 Å². The number of nitrogens with zero attached hydrogens (tertiary/aromatic N) is 3. The number of hydrogen-bond acceptors (Lipinski definition) is 5. The first kappa shape index (κ1) is 16.1. The van der Waals surface area contributed by atoms with Gasteiger partial charge in [-0.2, -0.15) is 4.98 Å². The fourth-order valence-corrected chi connectivity index (χ4v) is 3.36. The minimum atomic E-state index is 0.131. The quantitative estimate of drug-likeness (QED) is 0.851. The third-order valence-corrected chi connectivity index (χ3v) is 4.37. The summed E-state index contributed by atoms with van der Waals surface area (Å²) in [5, 5.41) is 13.5. The van der Waals surface area contributed by atoms with E-state index in [0.29, 0.717) is 30.9 Å². The number of benzene rings is 1. The van der Waals surface area contributed by atoms with Gasteiger partial charge >= 0.3 is 0 Å². The van der Waals surface area contributed by atoms with Crippen molar-refractivity contribution in [2.75, 3.05) is 13.2 Å². The van der Waals surface area contributed by atoms with Gasteiger partial charge in [-0.3, -0.25) is 4.90 Å². The van der Waals surface area contributed by atoms with E-state index in [9.17, 15) is 5.11 Å². The smallest absolute Gasteiger partial charge is 0.240 e. The van der Waals surface area contributed by atoms with Crippen LogP contribution in [0, 0.1) is 5.92 Å². The normalized spacial score (nSPS) is 17.2. The van der Waals surface area contributed by atoms with Gasteiger partial charge < -0.3 is 9.63 Å². The molecule has 0 radical (unpaired) electrons. The Hall–Kier alpha value is -1.72. The van der Waals surface area contributed by atoms with E-state index in [0.717, 1.165) is 25.1 Å². The molecular formula is C18H25N3O2. The fraction of sp³-hybridized carbons (Fsp3) is 0.556. The van der Waals surface area contributed by atoms with E-state index < -0.39 is 0 Å². The van der Waals surface area contributed by atoms with Gasteiger partial charge in [0.1, 0.15) is 0 Å². The van der Waals surface area contributed by atoms with Gasteiger partial charge in [0.25, 0.3) is 0 Å². The minimum absolute atomic E-state index is 0.131. The van der Waals surface area contributed by atoms with E-state index in [1.54, 1.807) is 0 Å². The summed E-state index contributed by atoms with van der Waals surface area (Å²) in [6.07, 6.45) is 2.99. The van der Waals surface area contributed by atoms with Crippen LogP contribution in [0.4, 0.5) is 0 Å². The predicted octanol–water partition coefficient (Wildman–Crippen LogP) is 2.75. The van der Waals surface area contributed by atoms with Gasteiger partial charge in [0.2, 0.25) is 5.89 Å². The first-order chi connectivity index (χ1) is 11.2. The second-order valence-corrected chi connectivity index (χ2v) is 6.65. The average molecular weight is 315 g/mol. The second kappa shape index (κ2) is 7.23. The summed E-state index contributed by atoms with van der Waals surface area (Å²) in [6.45, 7) is 5.62. The van der Waals surface area contributed by atoms with Gasteiger partial charge in [-0.15, -0.1) is 0 Å². The van der Waals surface area contributed by atoms with Crippen LogP contribution in [0.15, 0.2) is 28.8 Å². The monoisotopic (exact) mass is 315 g/mol. The lowest BCUT2D eigenvalue weighted by Gasteiger charge is -2.27. The van der Waals surface area contributed by atoms with Crippen LogP contribution < -0.4 is 0 Å². The van der Waals surface area contributed by atoms with Crippen molar-refractivity contribution in [2.24, 2.45) is 5.92 Å². The van der Waals surface area contributed by atoms with Crippen LogP contribution in [-0.4, -0.2) is 33.3 Å². The van der Waals surface area contributed by atoms with Gasteiger partial charge in [-0.05, 0) is 29.9 Å². The van der Waals surface area contributed by atoms with Crippen molar-refractivity contribution in [1.82, 2.24) is 15.0 Å². The van der Waals surface area contributed by atoms with Crippen molar-refractivity contribution in [3.8, 4) is 0 Å². The van der Waals surface area contributed by atoms with Gasteiger partial charge in [-0.1, -0.05) is 43.3 Å². The minimum Gasteiger partial charge on any atom is -0.395 e. The lowest BCUT2D eigenvalue weighted by Crippen LogP contribution is -2.30. The highest BCUT2D eigenvalue weighted by Gasteiger charge is 2.28. The molecular weight excluding hydrogens is 290 g/mol. The summed E-state index contributed by atoms with van der Waals surface area (Å²) in [4.78, 5) is 6.75. The summed E-state index contributed by atoms with van der Waals surface area (Å²) in [7, 11) is 0. The van der Waals surface area contributed by atoms with E-state index >= 15 is 0 Å². The van der Waals surface area contributed by atoms with Crippen molar-refractivity contribution >= 4 is 0 Å². The zero-order chi connectivity index (χ0) is 16.2. The molecule has 5 heteroatoms. The average Bonchev–Trinajstić information content (AvgIpc) is 3.13. The molecule has 1 heterocycles. The molecule has 23 heavy (non-hydrogen) atoms. The molecule has 0 spiro atoms. The third kappa shape index (κ3) is 3.79. The van der Waals surface area contributed by atoms with E-state index in [2.05, 4.69) is 53.2 Å².